The van der Waals surface area contributed by atoms with Gasteiger partial charge in [-0.3, -0.25) is 4.79 Å². The van der Waals surface area contributed by atoms with Gasteiger partial charge in [-0.2, -0.15) is 0 Å². The van der Waals surface area contributed by atoms with Gasteiger partial charge in [0.25, 0.3) is 0 Å². The van der Waals surface area contributed by atoms with E-state index < -0.39 is 0 Å². The molecule has 0 bridgehead atoms. The largest absolute Gasteiger partial charge is 0.335 e. The zero-order valence-electron chi connectivity index (χ0n) is 11.6. The number of halogens is 1. The van der Waals surface area contributed by atoms with Crippen molar-refractivity contribution < 1.29 is 9.18 Å². The predicted molar refractivity (Wildman–Crippen MR) is 73.4 cm³/mol. The normalized spacial score (nSPS) is 18.4. The summed E-state index contributed by atoms with van der Waals surface area (Å²) < 4.78 is 13.5. The van der Waals surface area contributed by atoms with Crippen LogP contribution in [-0.4, -0.2) is 36.0 Å². The van der Waals surface area contributed by atoms with Crippen molar-refractivity contribution in [3.63, 3.8) is 0 Å². The number of piperazine rings is 1. The fourth-order valence-corrected chi connectivity index (χ4v) is 2.52. The number of amides is 1. The van der Waals surface area contributed by atoms with Crippen molar-refractivity contribution in [3.05, 3.63) is 35.6 Å². The van der Waals surface area contributed by atoms with E-state index >= 15 is 0 Å². The third kappa shape index (κ3) is 3.32. The van der Waals surface area contributed by atoms with Crippen LogP contribution in [0.25, 0.3) is 0 Å². The molecule has 1 aliphatic rings. The van der Waals surface area contributed by atoms with Gasteiger partial charge in [-0.1, -0.05) is 18.2 Å². The Labute approximate surface area is 113 Å². The summed E-state index contributed by atoms with van der Waals surface area (Å²) in [6.45, 7) is 6.47. The molecule has 0 aromatic heterocycles. The minimum Gasteiger partial charge on any atom is -0.335 e. The van der Waals surface area contributed by atoms with Gasteiger partial charge in [-0.05, 0) is 31.9 Å². The van der Waals surface area contributed by atoms with Crippen LogP contribution >= 0.6 is 0 Å². The molecule has 1 amide bonds. The zero-order chi connectivity index (χ0) is 13.9. The number of nitrogens with one attached hydrogen (secondary N) is 1. The summed E-state index contributed by atoms with van der Waals surface area (Å²) in [7, 11) is 0. The smallest absolute Gasteiger partial charge is 0.223 e. The predicted octanol–water partition coefficient (Wildman–Crippen LogP) is 1.97. The number of aryl methyl sites for hydroxylation is 1. The average molecular weight is 264 g/mol. The van der Waals surface area contributed by atoms with E-state index in [0.29, 0.717) is 18.4 Å². The minimum absolute atomic E-state index is 0.106. The number of hydrogen-bond donors (Lipinski definition) is 1. The number of carbonyl (C=O) groups is 1. The fourth-order valence-electron chi connectivity index (χ4n) is 2.52. The van der Waals surface area contributed by atoms with Crippen LogP contribution in [-0.2, 0) is 11.2 Å². The molecule has 0 atom stereocenters. The first kappa shape index (κ1) is 14.0. The lowest BCUT2D eigenvalue weighted by Crippen LogP contribution is -2.59. The van der Waals surface area contributed by atoms with Crippen molar-refractivity contribution in [2.75, 3.05) is 19.6 Å². The van der Waals surface area contributed by atoms with Gasteiger partial charge in [0.15, 0.2) is 0 Å². The SMILES string of the molecule is CC1(C)CNCCN1C(=O)CCc1ccccc1F. The molecule has 0 radical (unpaired) electrons. The second-order valence-electron chi connectivity index (χ2n) is 5.63. The highest BCUT2D eigenvalue weighted by atomic mass is 19.1. The monoisotopic (exact) mass is 264 g/mol. The van der Waals surface area contributed by atoms with E-state index in [9.17, 15) is 9.18 Å². The van der Waals surface area contributed by atoms with Gasteiger partial charge in [-0.15, -0.1) is 0 Å². The van der Waals surface area contributed by atoms with Gasteiger partial charge in [0.05, 0.1) is 0 Å². The average Bonchev–Trinajstić information content (AvgIpc) is 2.37. The van der Waals surface area contributed by atoms with E-state index in [-0.39, 0.29) is 17.3 Å². The van der Waals surface area contributed by atoms with E-state index in [1.807, 2.05) is 4.90 Å². The first-order valence-electron chi connectivity index (χ1n) is 6.75. The van der Waals surface area contributed by atoms with Gasteiger partial charge >= 0.3 is 0 Å². The summed E-state index contributed by atoms with van der Waals surface area (Å²) >= 11 is 0. The maximum absolute atomic E-state index is 13.5. The molecule has 0 spiro atoms. The highest BCUT2D eigenvalue weighted by Gasteiger charge is 2.32. The molecule has 2 rings (SSSR count). The molecule has 1 fully saturated rings. The molecule has 0 unspecified atom stereocenters. The molecule has 3 nitrogen and oxygen atoms in total. The molecule has 1 aromatic rings. The van der Waals surface area contributed by atoms with Crippen LogP contribution in [0, 0.1) is 5.82 Å². The summed E-state index contributed by atoms with van der Waals surface area (Å²) in [5.41, 5.74) is 0.452. The van der Waals surface area contributed by atoms with E-state index in [1.165, 1.54) is 6.07 Å². The first-order valence-corrected chi connectivity index (χ1v) is 6.75. The highest BCUT2D eigenvalue weighted by molar-refractivity contribution is 5.77. The van der Waals surface area contributed by atoms with Crippen molar-refractivity contribution in [2.45, 2.75) is 32.2 Å². The number of nitrogens with zero attached hydrogens (tertiary/aromatic N) is 1. The topological polar surface area (TPSA) is 32.3 Å². The molecule has 4 heteroatoms. The van der Waals surface area contributed by atoms with Crippen molar-refractivity contribution in [2.24, 2.45) is 0 Å². The van der Waals surface area contributed by atoms with E-state index in [2.05, 4.69) is 19.2 Å². The minimum atomic E-state index is -0.227. The Morgan fingerprint density at radius 1 is 1.42 bits per heavy atom. The molecular formula is C15H21FN2O. The summed E-state index contributed by atoms with van der Waals surface area (Å²) in [4.78, 5) is 14.2. The van der Waals surface area contributed by atoms with Crippen LogP contribution in [0.5, 0.6) is 0 Å². The molecule has 1 heterocycles. The van der Waals surface area contributed by atoms with Gasteiger partial charge in [0.2, 0.25) is 5.91 Å². The Morgan fingerprint density at radius 3 is 2.84 bits per heavy atom. The number of carbonyl (C=O) groups excluding carboxylic acids is 1. The summed E-state index contributed by atoms with van der Waals surface area (Å²) in [5, 5.41) is 3.29. The Morgan fingerprint density at radius 2 is 2.16 bits per heavy atom. The van der Waals surface area contributed by atoms with Crippen LogP contribution in [0.3, 0.4) is 0 Å². The third-order valence-corrected chi connectivity index (χ3v) is 3.67. The summed E-state index contributed by atoms with van der Waals surface area (Å²) in [6, 6.07) is 6.65. The molecule has 104 valence electrons. The van der Waals surface area contributed by atoms with Crippen LogP contribution in [0.4, 0.5) is 4.39 Å². The van der Waals surface area contributed by atoms with E-state index in [1.54, 1.807) is 18.2 Å². The number of benzene rings is 1. The molecule has 0 saturated carbocycles. The van der Waals surface area contributed by atoms with Crippen molar-refractivity contribution >= 4 is 5.91 Å². The Balaban J connectivity index is 1.96. The number of rotatable bonds is 3. The van der Waals surface area contributed by atoms with Gasteiger partial charge in [0.1, 0.15) is 5.82 Å². The van der Waals surface area contributed by atoms with Crippen LogP contribution in [0.1, 0.15) is 25.8 Å². The van der Waals surface area contributed by atoms with Crippen LogP contribution in [0.15, 0.2) is 24.3 Å². The lowest BCUT2D eigenvalue weighted by Gasteiger charge is -2.43. The quantitative estimate of drug-likeness (QED) is 0.905. The lowest BCUT2D eigenvalue weighted by molar-refractivity contribution is -0.137. The first-order chi connectivity index (χ1) is 9.00. The molecule has 0 aliphatic carbocycles. The van der Waals surface area contributed by atoms with Crippen molar-refractivity contribution in [1.82, 2.24) is 10.2 Å². The zero-order valence-corrected chi connectivity index (χ0v) is 11.6. The highest BCUT2D eigenvalue weighted by Crippen LogP contribution is 2.18. The summed E-state index contributed by atoms with van der Waals surface area (Å²) in [6.07, 6.45) is 0.829. The number of hydrogen-bond acceptors (Lipinski definition) is 2. The molecule has 1 aromatic carbocycles. The van der Waals surface area contributed by atoms with Crippen molar-refractivity contribution in [1.29, 1.82) is 0 Å². The van der Waals surface area contributed by atoms with Crippen molar-refractivity contribution in [3.8, 4) is 0 Å². The Kier molecular flexibility index (Phi) is 4.20. The maximum Gasteiger partial charge on any atom is 0.223 e. The summed E-state index contributed by atoms with van der Waals surface area (Å²) in [5.74, 6) is -0.121. The molecule has 1 saturated heterocycles. The Bertz CT molecular complexity index is 459. The van der Waals surface area contributed by atoms with Gasteiger partial charge in [-0.25, -0.2) is 4.39 Å². The van der Waals surface area contributed by atoms with Gasteiger partial charge in [0, 0.05) is 31.6 Å². The molecule has 1 N–H and O–H groups in total. The fraction of sp³-hybridized carbons (Fsp3) is 0.533. The van der Waals surface area contributed by atoms with E-state index in [0.717, 1.165) is 19.6 Å². The third-order valence-electron chi connectivity index (χ3n) is 3.67. The Hall–Kier alpha value is -1.42. The van der Waals surface area contributed by atoms with Crippen LogP contribution in [0.2, 0.25) is 0 Å². The van der Waals surface area contributed by atoms with Gasteiger partial charge < -0.3 is 10.2 Å². The molecular weight excluding hydrogens is 243 g/mol. The van der Waals surface area contributed by atoms with Crippen LogP contribution < -0.4 is 5.32 Å². The maximum atomic E-state index is 13.5. The van der Waals surface area contributed by atoms with E-state index in [4.69, 9.17) is 0 Å². The molecule has 1 aliphatic heterocycles. The lowest BCUT2D eigenvalue weighted by atomic mass is 9.99. The standard InChI is InChI=1S/C15H21FN2O/c1-15(2)11-17-9-10-18(15)14(19)8-7-12-5-3-4-6-13(12)16/h3-6,17H,7-11H2,1-2H3. The second-order valence-corrected chi connectivity index (χ2v) is 5.63. The second kappa shape index (κ2) is 5.70. The molecule has 19 heavy (non-hydrogen) atoms.